The molecule has 3 rings (SSSR count). The maximum atomic E-state index is 12.4. The SMILES string of the molecule is COc1ccc(C(=O)/C(C#N)=N/OCc2cccc(-c3ccccc3)c2C)cc1. The fourth-order valence-electron chi connectivity index (χ4n) is 2.93. The minimum absolute atomic E-state index is 0.160. The Morgan fingerprint density at radius 1 is 1.00 bits per heavy atom. The van der Waals surface area contributed by atoms with E-state index < -0.39 is 5.78 Å². The maximum Gasteiger partial charge on any atom is 0.227 e. The van der Waals surface area contributed by atoms with Crippen LogP contribution < -0.4 is 4.74 Å². The van der Waals surface area contributed by atoms with Gasteiger partial charge in [0.2, 0.25) is 11.5 Å². The molecule has 0 aromatic heterocycles. The maximum absolute atomic E-state index is 12.4. The number of oxime groups is 1. The van der Waals surface area contributed by atoms with Crippen LogP contribution in [0.5, 0.6) is 5.75 Å². The lowest BCUT2D eigenvalue weighted by Crippen LogP contribution is -2.13. The summed E-state index contributed by atoms with van der Waals surface area (Å²) in [6.45, 7) is 2.17. The first-order valence-electron chi connectivity index (χ1n) is 9.06. The van der Waals surface area contributed by atoms with Gasteiger partial charge in [-0.25, -0.2) is 0 Å². The second-order valence-corrected chi connectivity index (χ2v) is 6.34. The van der Waals surface area contributed by atoms with Crippen molar-refractivity contribution in [1.29, 1.82) is 5.26 Å². The van der Waals surface area contributed by atoms with E-state index in [1.54, 1.807) is 31.4 Å². The molecule has 29 heavy (non-hydrogen) atoms. The molecule has 0 amide bonds. The molecule has 3 aromatic carbocycles. The fourth-order valence-corrected chi connectivity index (χ4v) is 2.93. The molecule has 5 heteroatoms. The van der Waals surface area contributed by atoms with Gasteiger partial charge in [0, 0.05) is 5.56 Å². The first kappa shape index (κ1) is 19.8. The molecule has 0 spiro atoms. The summed E-state index contributed by atoms with van der Waals surface area (Å²) in [6.07, 6.45) is 0. The molecule has 3 aromatic rings. The van der Waals surface area contributed by atoms with Gasteiger partial charge in [-0.15, -0.1) is 0 Å². The van der Waals surface area contributed by atoms with Gasteiger partial charge in [-0.2, -0.15) is 5.26 Å². The van der Waals surface area contributed by atoms with Crippen LogP contribution in [0.15, 0.2) is 78.0 Å². The van der Waals surface area contributed by atoms with Crippen LogP contribution >= 0.6 is 0 Å². The largest absolute Gasteiger partial charge is 0.497 e. The predicted octanol–water partition coefficient (Wildman–Crippen LogP) is 4.95. The van der Waals surface area contributed by atoms with Crippen molar-refractivity contribution in [2.75, 3.05) is 7.11 Å². The highest BCUT2D eigenvalue weighted by atomic mass is 16.6. The van der Waals surface area contributed by atoms with E-state index in [4.69, 9.17) is 9.57 Å². The molecule has 0 radical (unpaired) electrons. The Hall–Kier alpha value is -3.91. The summed E-state index contributed by atoms with van der Waals surface area (Å²) in [6, 6.07) is 24.3. The summed E-state index contributed by atoms with van der Waals surface area (Å²) < 4.78 is 5.07. The lowest BCUT2D eigenvalue weighted by Gasteiger charge is -2.11. The topological polar surface area (TPSA) is 71.7 Å². The molecule has 144 valence electrons. The van der Waals surface area contributed by atoms with Crippen LogP contribution in [0.4, 0.5) is 0 Å². The van der Waals surface area contributed by atoms with Crippen molar-refractivity contribution in [1.82, 2.24) is 0 Å². The van der Waals surface area contributed by atoms with Crippen molar-refractivity contribution in [2.45, 2.75) is 13.5 Å². The van der Waals surface area contributed by atoms with Crippen molar-refractivity contribution in [3.05, 3.63) is 89.5 Å². The monoisotopic (exact) mass is 384 g/mol. The molecule has 0 aliphatic rings. The lowest BCUT2D eigenvalue weighted by atomic mass is 9.97. The van der Waals surface area contributed by atoms with Crippen LogP contribution in [-0.4, -0.2) is 18.6 Å². The van der Waals surface area contributed by atoms with E-state index in [1.807, 2.05) is 61.5 Å². The second-order valence-electron chi connectivity index (χ2n) is 6.34. The summed E-state index contributed by atoms with van der Waals surface area (Å²) in [5.41, 5.74) is 4.26. The number of ketones is 1. The van der Waals surface area contributed by atoms with E-state index in [1.165, 1.54) is 0 Å². The predicted molar refractivity (Wildman–Crippen MR) is 112 cm³/mol. The Balaban J connectivity index is 1.74. The minimum atomic E-state index is -0.495. The molecular formula is C24H20N2O3. The molecule has 0 saturated heterocycles. The fraction of sp³-hybridized carbons (Fsp3) is 0.125. The molecule has 0 unspecified atom stereocenters. The third kappa shape index (κ3) is 4.69. The lowest BCUT2D eigenvalue weighted by molar-refractivity contribution is 0.103. The third-order valence-corrected chi connectivity index (χ3v) is 4.58. The van der Waals surface area contributed by atoms with Crippen molar-refractivity contribution in [3.8, 4) is 22.9 Å². The number of benzene rings is 3. The summed E-state index contributed by atoms with van der Waals surface area (Å²) in [7, 11) is 1.54. The Labute approximate surface area is 169 Å². The number of rotatable bonds is 7. The number of carbonyl (C=O) groups is 1. The Kier molecular flexibility index (Phi) is 6.39. The quantitative estimate of drug-likeness (QED) is 0.328. The highest BCUT2D eigenvalue weighted by Crippen LogP contribution is 2.26. The van der Waals surface area contributed by atoms with E-state index in [0.29, 0.717) is 11.3 Å². The molecule has 0 bridgehead atoms. The molecule has 0 saturated carbocycles. The average Bonchev–Trinajstić information content (AvgIpc) is 2.78. The van der Waals surface area contributed by atoms with Gasteiger partial charge < -0.3 is 9.57 Å². The molecule has 5 nitrogen and oxygen atoms in total. The summed E-state index contributed by atoms with van der Waals surface area (Å²) >= 11 is 0. The van der Waals surface area contributed by atoms with Gasteiger partial charge in [0.05, 0.1) is 7.11 Å². The Morgan fingerprint density at radius 3 is 2.38 bits per heavy atom. The zero-order valence-corrected chi connectivity index (χ0v) is 16.3. The van der Waals surface area contributed by atoms with Crippen molar-refractivity contribution < 1.29 is 14.4 Å². The standard InChI is InChI=1S/C24H20N2O3/c1-17-20(9-6-10-22(17)18-7-4-3-5-8-18)16-29-26-23(15-25)24(27)19-11-13-21(28-2)14-12-19/h3-14H,16H2,1-2H3/b26-23+. The van der Waals surface area contributed by atoms with Crippen molar-refractivity contribution >= 4 is 11.5 Å². The molecule has 0 aliphatic carbocycles. The Bertz CT molecular complexity index is 1070. The van der Waals surface area contributed by atoms with Gasteiger partial charge in [-0.1, -0.05) is 53.7 Å². The number of nitrogens with zero attached hydrogens (tertiary/aromatic N) is 2. The number of nitriles is 1. The number of methoxy groups -OCH3 is 1. The normalized spacial score (nSPS) is 10.9. The summed E-state index contributed by atoms with van der Waals surface area (Å²) in [5.74, 6) is 0.131. The highest BCUT2D eigenvalue weighted by Gasteiger charge is 2.15. The second kappa shape index (κ2) is 9.34. The summed E-state index contributed by atoms with van der Waals surface area (Å²) in [4.78, 5) is 17.8. The van der Waals surface area contributed by atoms with Crippen molar-refractivity contribution in [3.63, 3.8) is 0 Å². The van der Waals surface area contributed by atoms with Gasteiger partial charge in [-0.3, -0.25) is 4.79 Å². The number of hydrogen-bond acceptors (Lipinski definition) is 5. The van der Waals surface area contributed by atoms with Crippen molar-refractivity contribution in [2.24, 2.45) is 5.16 Å². The van der Waals surface area contributed by atoms with E-state index in [2.05, 4.69) is 5.16 Å². The van der Waals surface area contributed by atoms with Gasteiger partial charge >= 0.3 is 0 Å². The number of Topliss-reactive ketones (excluding diaryl/α,β-unsaturated/α-hetero) is 1. The minimum Gasteiger partial charge on any atom is -0.497 e. The molecule has 0 N–H and O–H groups in total. The van der Waals surface area contributed by atoms with Crippen LogP contribution in [0.25, 0.3) is 11.1 Å². The summed E-state index contributed by atoms with van der Waals surface area (Å²) in [5, 5.41) is 13.1. The Morgan fingerprint density at radius 2 is 1.72 bits per heavy atom. The zero-order valence-electron chi connectivity index (χ0n) is 16.3. The highest BCUT2D eigenvalue weighted by molar-refractivity contribution is 6.51. The molecule has 0 heterocycles. The van der Waals surface area contributed by atoms with E-state index in [0.717, 1.165) is 22.3 Å². The van der Waals surface area contributed by atoms with Gasteiger partial charge in [-0.05, 0) is 53.4 Å². The first-order chi connectivity index (χ1) is 14.1. The van der Waals surface area contributed by atoms with Gasteiger partial charge in [0.25, 0.3) is 0 Å². The number of ether oxygens (including phenoxy) is 1. The third-order valence-electron chi connectivity index (χ3n) is 4.58. The van der Waals surface area contributed by atoms with Crippen LogP contribution in [0.1, 0.15) is 21.5 Å². The molecule has 0 atom stereocenters. The van der Waals surface area contributed by atoms with Crippen LogP contribution in [0, 0.1) is 18.3 Å². The molecule has 0 fully saturated rings. The smallest absolute Gasteiger partial charge is 0.227 e. The van der Waals surface area contributed by atoms with Gasteiger partial charge in [0.1, 0.15) is 18.4 Å². The molecule has 0 aliphatic heterocycles. The number of hydrogen-bond donors (Lipinski definition) is 0. The van der Waals surface area contributed by atoms with E-state index in [-0.39, 0.29) is 12.3 Å². The first-order valence-corrected chi connectivity index (χ1v) is 9.06. The number of carbonyl (C=O) groups excluding carboxylic acids is 1. The molecular weight excluding hydrogens is 364 g/mol. The van der Waals surface area contributed by atoms with Crippen LogP contribution in [0.2, 0.25) is 0 Å². The average molecular weight is 384 g/mol. The van der Waals surface area contributed by atoms with Gasteiger partial charge in [0.15, 0.2) is 0 Å². The zero-order chi connectivity index (χ0) is 20.6. The van der Waals surface area contributed by atoms with Crippen LogP contribution in [0.3, 0.4) is 0 Å². The van der Waals surface area contributed by atoms with E-state index in [9.17, 15) is 10.1 Å². The van der Waals surface area contributed by atoms with Crippen LogP contribution in [-0.2, 0) is 11.4 Å². The van der Waals surface area contributed by atoms with E-state index >= 15 is 0 Å².